The van der Waals surface area contributed by atoms with Crippen molar-refractivity contribution >= 4 is 28.5 Å². The number of unbranched alkanes of at least 4 members (excludes halogenated alkanes) is 2. The van der Waals surface area contributed by atoms with Gasteiger partial charge in [-0.2, -0.15) is 0 Å². The number of carbonyl (C=O) groups excluding carboxylic acids is 1. The highest BCUT2D eigenvalue weighted by Crippen LogP contribution is 2.33. The Morgan fingerprint density at radius 3 is 2.68 bits per heavy atom. The Bertz CT molecular complexity index is 1020. The van der Waals surface area contributed by atoms with Gasteiger partial charge in [-0.15, -0.1) is 0 Å². The number of carbonyl (C=O) groups is 1. The minimum atomic E-state index is 0.0286. The van der Waals surface area contributed by atoms with E-state index in [2.05, 4.69) is 29.7 Å². The normalized spacial score (nSPS) is 14.8. The van der Waals surface area contributed by atoms with E-state index in [9.17, 15) is 4.79 Å². The van der Waals surface area contributed by atoms with Crippen molar-refractivity contribution in [2.75, 3.05) is 6.54 Å². The summed E-state index contributed by atoms with van der Waals surface area (Å²) < 4.78 is 2.42. The maximum absolute atomic E-state index is 13.4. The summed E-state index contributed by atoms with van der Waals surface area (Å²) in [6, 6.07) is 16.1. The summed E-state index contributed by atoms with van der Waals surface area (Å²) in [4.78, 5) is 20.4. The lowest BCUT2D eigenvalue weighted by molar-refractivity contribution is 0.0732. The van der Waals surface area contributed by atoms with E-state index in [0.29, 0.717) is 23.2 Å². The molecule has 31 heavy (non-hydrogen) atoms. The maximum Gasteiger partial charge on any atom is 0.254 e. The number of benzene rings is 2. The lowest BCUT2D eigenvalue weighted by Crippen LogP contribution is -2.33. The molecule has 1 amide bonds. The van der Waals surface area contributed by atoms with Crippen LogP contribution < -0.4 is 0 Å². The van der Waals surface area contributed by atoms with Crippen LogP contribution in [0.25, 0.3) is 11.0 Å². The van der Waals surface area contributed by atoms with E-state index < -0.39 is 0 Å². The molecule has 0 bridgehead atoms. The van der Waals surface area contributed by atoms with Crippen LogP contribution in [0.2, 0.25) is 5.02 Å². The molecule has 0 saturated heterocycles. The van der Waals surface area contributed by atoms with Gasteiger partial charge in [0.25, 0.3) is 5.91 Å². The van der Waals surface area contributed by atoms with Gasteiger partial charge in [-0.1, -0.05) is 68.8 Å². The number of para-hydroxylation sites is 2. The number of amides is 1. The molecular formula is C26H32ClN3O. The molecule has 4 nitrogen and oxygen atoms in total. The van der Waals surface area contributed by atoms with Crippen LogP contribution >= 0.6 is 11.6 Å². The summed E-state index contributed by atoms with van der Waals surface area (Å²) in [6.45, 7) is 3.44. The maximum atomic E-state index is 13.4. The van der Waals surface area contributed by atoms with Crippen molar-refractivity contribution in [2.45, 2.75) is 70.9 Å². The zero-order valence-corrected chi connectivity index (χ0v) is 19.2. The molecular weight excluding hydrogens is 406 g/mol. The highest BCUT2D eigenvalue weighted by molar-refractivity contribution is 6.30. The second-order valence-electron chi connectivity index (χ2n) is 8.62. The van der Waals surface area contributed by atoms with Crippen LogP contribution in [0, 0.1) is 0 Å². The van der Waals surface area contributed by atoms with E-state index >= 15 is 0 Å². The number of halogens is 1. The van der Waals surface area contributed by atoms with Gasteiger partial charge in [-0.25, -0.2) is 4.98 Å². The Hall–Kier alpha value is -2.33. The fourth-order valence-corrected chi connectivity index (χ4v) is 4.92. The van der Waals surface area contributed by atoms with Gasteiger partial charge in [0.15, 0.2) is 0 Å². The van der Waals surface area contributed by atoms with E-state index in [-0.39, 0.29) is 5.91 Å². The van der Waals surface area contributed by atoms with Crippen LogP contribution in [0.3, 0.4) is 0 Å². The minimum Gasteiger partial charge on any atom is -0.331 e. The first-order chi connectivity index (χ1) is 15.2. The van der Waals surface area contributed by atoms with Crippen molar-refractivity contribution in [3.05, 3.63) is 64.9 Å². The molecule has 0 unspecified atom stereocenters. The first-order valence-corrected chi connectivity index (χ1v) is 12.1. The van der Waals surface area contributed by atoms with E-state index in [1.165, 1.54) is 37.6 Å². The smallest absolute Gasteiger partial charge is 0.254 e. The number of rotatable bonds is 8. The summed E-state index contributed by atoms with van der Waals surface area (Å²) in [5.41, 5.74) is 2.85. The van der Waals surface area contributed by atoms with Crippen LogP contribution in [-0.2, 0) is 6.54 Å². The summed E-state index contributed by atoms with van der Waals surface area (Å²) in [7, 11) is 0. The largest absolute Gasteiger partial charge is 0.331 e. The first-order valence-electron chi connectivity index (χ1n) is 11.7. The summed E-state index contributed by atoms with van der Waals surface area (Å²) in [5, 5.41) is 0.591. The van der Waals surface area contributed by atoms with Crippen LogP contribution in [0.15, 0.2) is 48.5 Å². The molecule has 1 heterocycles. The Morgan fingerprint density at radius 1 is 1.10 bits per heavy atom. The molecule has 1 aromatic heterocycles. The second-order valence-corrected chi connectivity index (χ2v) is 9.06. The fraction of sp³-hybridized carbons (Fsp3) is 0.462. The van der Waals surface area contributed by atoms with Crippen LogP contribution in [-0.4, -0.2) is 26.9 Å². The third-order valence-electron chi connectivity index (χ3n) is 6.33. The van der Waals surface area contributed by atoms with Gasteiger partial charge in [0.1, 0.15) is 5.82 Å². The third-order valence-corrected chi connectivity index (χ3v) is 6.57. The molecule has 1 aliphatic rings. The monoisotopic (exact) mass is 437 g/mol. The van der Waals surface area contributed by atoms with Crippen LogP contribution in [0.5, 0.6) is 0 Å². The highest BCUT2D eigenvalue weighted by atomic mass is 35.5. The van der Waals surface area contributed by atoms with Gasteiger partial charge < -0.3 is 9.47 Å². The topological polar surface area (TPSA) is 38.1 Å². The molecule has 5 heteroatoms. The Labute approximate surface area is 190 Å². The molecule has 1 saturated carbocycles. The molecule has 1 fully saturated rings. The number of nitrogens with zero attached hydrogens (tertiary/aromatic N) is 3. The summed E-state index contributed by atoms with van der Waals surface area (Å²) in [6.07, 6.45) is 9.44. The van der Waals surface area contributed by atoms with E-state index in [4.69, 9.17) is 16.6 Å². The second kappa shape index (κ2) is 10.3. The van der Waals surface area contributed by atoms with Gasteiger partial charge in [0, 0.05) is 23.2 Å². The van der Waals surface area contributed by atoms with E-state index in [1.54, 1.807) is 6.07 Å². The molecule has 0 aliphatic heterocycles. The van der Waals surface area contributed by atoms with Crippen molar-refractivity contribution in [1.29, 1.82) is 0 Å². The Morgan fingerprint density at radius 2 is 1.90 bits per heavy atom. The molecule has 0 N–H and O–H groups in total. The standard InChI is InChI=1S/C26H32ClN3O/c1-2-3-9-17-29(26(31)20-11-10-12-21(27)18-20)19-25-28-23-15-7-8-16-24(23)30(25)22-13-5-4-6-14-22/h7-8,10-12,15-16,18,22H,2-6,9,13-14,17,19H2,1H3. The van der Waals surface area contributed by atoms with Crippen LogP contribution in [0.1, 0.15) is 80.5 Å². The first kappa shape index (κ1) is 21.9. The Balaban J connectivity index is 1.67. The van der Waals surface area contributed by atoms with Gasteiger partial charge in [-0.3, -0.25) is 4.79 Å². The lowest BCUT2D eigenvalue weighted by Gasteiger charge is -2.28. The zero-order chi connectivity index (χ0) is 21.6. The predicted octanol–water partition coefficient (Wildman–Crippen LogP) is 7.03. The van der Waals surface area contributed by atoms with Crippen LogP contribution in [0.4, 0.5) is 0 Å². The molecule has 3 aromatic rings. The number of imidazole rings is 1. The molecule has 0 spiro atoms. The third kappa shape index (κ3) is 5.12. The molecule has 1 aliphatic carbocycles. The molecule has 4 rings (SSSR count). The average molecular weight is 438 g/mol. The van der Waals surface area contributed by atoms with E-state index in [0.717, 1.165) is 37.1 Å². The van der Waals surface area contributed by atoms with Crippen molar-refractivity contribution < 1.29 is 4.79 Å². The minimum absolute atomic E-state index is 0.0286. The predicted molar refractivity (Wildman–Crippen MR) is 128 cm³/mol. The quantitative estimate of drug-likeness (QED) is 0.355. The van der Waals surface area contributed by atoms with Crippen molar-refractivity contribution in [1.82, 2.24) is 14.5 Å². The SMILES string of the molecule is CCCCCN(Cc1nc2ccccc2n1C1CCCCC1)C(=O)c1cccc(Cl)c1. The van der Waals surface area contributed by atoms with Crippen molar-refractivity contribution in [2.24, 2.45) is 0 Å². The molecule has 0 radical (unpaired) electrons. The van der Waals surface area contributed by atoms with Crippen molar-refractivity contribution in [3.8, 4) is 0 Å². The number of hydrogen-bond donors (Lipinski definition) is 0. The number of hydrogen-bond acceptors (Lipinski definition) is 2. The van der Waals surface area contributed by atoms with Gasteiger partial charge in [0.2, 0.25) is 0 Å². The molecule has 164 valence electrons. The molecule has 0 atom stereocenters. The highest BCUT2D eigenvalue weighted by Gasteiger charge is 2.24. The number of aromatic nitrogens is 2. The molecule has 2 aromatic carbocycles. The number of fused-ring (bicyclic) bond motifs is 1. The van der Waals surface area contributed by atoms with Crippen molar-refractivity contribution in [3.63, 3.8) is 0 Å². The van der Waals surface area contributed by atoms with Gasteiger partial charge in [0.05, 0.1) is 17.6 Å². The van der Waals surface area contributed by atoms with E-state index in [1.807, 2.05) is 29.2 Å². The Kier molecular flexibility index (Phi) is 7.29. The average Bonchev–Trinajstić information content (AvgIpc) is 3.16. The zero-order valence-electron chi connectivity index (χ0n) is 18.4. The lowest BCUT2D eigenvalue weighted by atomic mass is 9.95. The fourth-order valence-electron chi connectivity index (χ4n) is 4.73. The van der Waals surface area contributed by atoms with Gasteiger partial charge >= 0.3 is 0 Å². The summed E-state index contributed by atoms with van der Waals surface area (Å²) >= 11 is 6.17. The van der Waals surface area contributed by atoms with Gasteiger partial charge in [-0.05, 0) is 49.6 Å². The summed E-state index contributed by atoms with van der Waals surface area (Å²) in [5.74, 6) is 1.03.